The van der Waals surface area contributed by atoms with Crippen molar-refractivity contribution in [3.05, 3.63) is 52.3 Å². The van der Waals surface area contributed by atoms with E-state index in [2.05, 4.69) is 15.9 Å². The van der Waals surface area contributed by atoms with Crippen LogP contribution < -0.4 is 14.2 Å². The van der Waals surface area contributed by atoms with Crippen LogP contribution in [0.5, 0.6) is 17.2 Å². The maximum absolute atomic E-state index is 13.6. The second-order valence-corrected chi connectivity index (χ2v) is 4.94. The van der Waals surface area contributed by atoms with Crippen LogP contribution in [-0.2, 0) is 0 Å². The molecule has 0 fully saturated rings. The fourth-order valence-electron chi connectivity index (χ4n) is 1.76. The SMILES string of the molecule is O=C(Oc1ccc2c(c1)OCO2)c1cc(Br)ccc1F. The van der Waals surface area contributed by atoms with E-state index in [0.717, 1.165) is 0 Å². The highest BCUT2D eigenvalue weighted by atomic mass is 79.9. The van der Waals surface area contributed by atoms with E-state index in [-0.39, 0.29) is 18.1 Å². The Labute approximate surface area is 122 Å². The third-order valence-electron chi connectivity index (χ3n) is 2.70. The smallest absolute Gasteiger partial charge is 0.346 e. The molecule has 0 saturated carbocycles. The zero-order chi connectivity index (χ0) is 14.1. The van der Waals surface area contributed by atoms with Crippen LogP contribution in [0.15, 0.2) is 40.9 Å². The van der Waals surface area contributed by atoms with Crippen molar-refractivity contribution in [3.63, 3.8) is 0 Å². The molecule has 0 N–H and O–H groups in total. The minimum absolute atomic E-state index is 0.132. The lowest BCUT2D eigenvalue weighted by atomic mass is 10.2. The van der Waals surface area contributed by atoms with E-state index in [1.165, 1.54) is 24.3 Å². The van der Waals surface area contributed by atoms with Gasteiger partial charge in [0.05, 0.1) is 5.56 Å². The zero-order valence-corrected chi connectivity index (χ0v) is 11.6. The molecule has 0 aromatic heterocycles. The molecule has 0 radical (unpaired) electrons. The molecule has 102 valence electrons. The van der Waals surface area contributed by atoms with E-state index < -0.39 is 11.8 Å². The number of esters is 1. The maximum Gasteiger partial charge on any atom is 0.346 e. The van der Waals surface area contributed by atoms with Crippen LogP contribution in [0, 0.1) is 5.82 Å². The molecular formula is C14H8BrFO4. The van der Waals surface area contributed by atoms with Gasteiger partial charge in [-0.15, -0.1) is 0 Å². The van der Waals surface area contributed by atoms with Crippen molar-refractivity contribution in [2.45, 2.75) is 0 Å². The number of hydrogen-bond acceptors (Lipinski definition) is 4. The summed E-state index contributed by atoms with van der Waals surface area (Å²) < 4.78 is 29.6. The molecule has 1 heterocycles. The standard InChI is InChI=1S/C14H8BrFO4/c15-8-1-3-11(16)10(5-8)14(17)20-9-2-4-12-13(6-9)19-7-18-12/h1-6H,7H2. The van der Waals surface area contributed by atoms with Crippen LogP contribution in [0.25, 0.3) is 0 Å². The van der Waals surface area contributed by atoms with Gasteiger partial charge in [0, 0.05) is 10.5 Å². The summed E-state index contributed by atoms with van der Waals surface area (Å²) in [6, 6.07) is 8.78. The molecule has 1 aliphatic rings. The van der Waals surface area contributed by atoms with E-state index in [9.17, 15) is 9.18 Å². The minimum atomic E-state index is -0.775. The summed E-state index contributed by atoms with van der Waals surface area (Å²) in [6.45, 7) is 0.132. The molecule has 0 unspecified atom stereocenters. The van der Waals surface area contributed by atoms with Crippen LogP contribution in [0.3, 0.4) is 0 Å². The van der Waals surface area contributed by atoms with Crippen molar-refractivity contribution >= 4 is 21.9 Å². The summed E-state index contributed by atoms with van der Waals surface area (Å²) in [7, 11) is 0. The van der Waals surface area contributed by atoms with E-state index in [1.54, 1.807) is 12.1 Å². The molecule has 3 rings (SSSR count). The van der Waals surface area contributed by atoms with Crippen molar-refractivity contribution in [1.82, 2.24) is 0 Å². The molecule has 0 saturated heterocycles. The van der Waals surface area contributed by atoms with Gasteiger partial charge in [-0.1, -0.05) is 15.9 Å². The highest BCUT2D eigenvalue weighted by molar-refractivity contribution is 9.10. The average Bonchev–Trinajstić information content (AvgIpc) is 2.89. The van der Waals surface area contributed by atoms with Crippen molar-refractivity contribution in [2.75, 3.05) is 6.79 Å². The first-order valence-corrected chi connectivity index (χ1v) is 6.50. The normalized spacial score (nSPS) is 12.3. The number of hydrogen-bond donors (Lipinski definition) is 0. The summed E-state index contributed by atoms with van der Waals surface area (Å²) in [4.78, 5) is 11.9. The van der Waals surface area contributed by atoms with Gasteiger partial charge in [0.1, 0.15) is 11.6 Å². The lowest BCUT2D eigenvalue weighted by molar-refractivity contribution is 0.0729. The van der Waals surface area contributed by atoms with Crippen LogP contribution in [0.2, 0.25) is 0 Å². The van der Waals surface area contributed by atoms with Crippen LogP contribution in [0.1, 0.15) is 10.4 Å². The number of rotatable bonds is 2. The number of carbonyl (C=O) groups is 1. The van der Waals surface area contributed by atoms with Gasteiger partial charge in [0.25, 0.3) is 0 Å². The highest BCUT2D eigenvalue weighted by Gasteiger charge is 2.18. The Morgan fingerprint density at radius 2 is 1.95 bits per heavy atom. The second-order valence-electron chi connectivity index (χ2n) is 4.03. The zero-order valence-electron chi connectivity index (χ0n) is 10.1. The Morgan fingerprint density at radius 3 is 2.80 bits per heavy atom. The van der Waals surface area contributed by atoms with E-state index in [1.807, 2.05) is 0 Å². The fraction of sp³-hybridized carbons (Fsp3) is 0.0714. The fourth-order valence-corrected chi connectivity index (χ4v) is 2.12. The van der Waals surface area contributed by atoms with Crippen molar-refractivity contribution < 1.29 is 23.4 Å². The van der Waals surface area contributed by atoms with Gasteiger partial charge in [-0.3, -0.25) is 0 Å². The topological polar surface area (TPSA) is 44.8 Å². The first-order chi connectivity index (χ1) is 9.63. The molecule has 0 bridgehead atoms. The van der Waals surface area contributed by atoms with Gasteiger partial charge in [-0.05, 0) is 30.3 Å². The predicted molar refractivity (Wildman–Crippen MR) is 71.6 cm³/mol. The van der Waals surface area contributed by atoms with E-state index >= 15 is 0 Å². The van der Waals surface area contributed by atoms with Gasteiger partial charge in [0.15, 0.2) is 11.5 Å². The molecule has 0 amide bonds. The molecule has 2 aromatic rings. The Morgan fingerprint density at radius 1 is 1.15 bits per heavy atom. The van der Waals surface area contributed by atoms with Crippen LogP contribution in [0.4, 0.5) is 4.39 Å². The first kappa shape index (κ1) is 12.9. The van der Waals surface area contributed by atoms with Crippen LogP contribution in [-0.4, -0.2) is 12.8 Å². The van der Waals surface area contributed by atoms with Crippen molar-refractivity contribution in [2.24, 2.45) is 0 Å². The minimum Gasteiger partial charge on any atom is -0.454 e. The first-order valence-electron chi connectivity index (χ1n) is 5.70. The van der Waals surface area contributed by atoms with Gasteiger partial charge < -0.3 is 14.2 Å². The number of carbonyl (C=O) groups excluding carboxylic acids is 1. The largest absolute Gasteiger partial charge is 0.454 e. The molecular weight excluding hydrogens is 331 g/mol. The average molecular weight is 339 g/mol. The molecule has 0 atom stereocenters. The highest BCUT2D eigenvalue weighted by Crippen LogP contribution is 2.35. The maximum atomic E-state index is 13.6. The molecule has 0 spiro atoms. The quantitative estimate of drug-likeness (QED) is 0.620. The Kier molecular flexibility index (Phi) is 3.31. The third-order valence-corrected chi connectivity index (χ3v) is 3.20. The van der Waals surface area contributed by atoms with Gasteiger partial charge in [-0.25, -0.2) is 9.18 Å². The van der Waals surface area contributed by atoms with E-state index in [0.29, 0.717) is 16.0 Å². The molecule has 2 aromatic carbocycles. The number of ether oxygens (including phenoxy) is 3. The molecule has 1 aliphatic heterocycles. The third kappa shape index (κ3) is 2.46. The second kappa shape index (κ2) is 5.13. The molecule has 4 nitrogen and oxygen atoms in total. The Bertz CT molecular complexity index is 687. The molecule has 20 heavy (non-hydrogen) atoms. The predicted octanol–water partition coefficient (Wildman–Crippen LogP) is 3.54. The lowest BCUT2D eigenvalue weighted by Gasteiger charge is -2.06. The van der Waals surface area contributed by atoms with Gasteiger partial charge >= 0.3 is 5.97 Å². The van der Waals surface area contributed by atoms with Gasteiger partial charge in [-0.2, -0.15) is 0 Å². The summed E-state index contributed by atoms with van der Waals surface area (Å²) in [5, 5.41) is 0. The van der Waals surface area contributed by atoms with E-state index in [4.69, 9.17) is 14.2 Å². The lowest BCUT2D eigenvalue weighted by Crippen LogP contribution is -2.10. The van der Waals surface area contributed by atoms with Crippen LogP contribution >= 0.6 is 15.9 Å². The van der Waals surface area contributed by atoms with Crippen molar-refractivity contribution in [3.8, 4) is 17.2 Å². The summed E-state index contributed by atoms with van der Waals surface area (Å²) >= 11 is 3.18. The summed E-state index contributed by atoms with van der Waals surface area (Å²) in [5.41, 5.74) is -0.142. The summed E-state index contributed by atoms with van der Waals surface area (Å²) in [6.07, 6.45) is 0. The molecule has 6 heteroatoms. The molecule has 0 aliphatic carbocycles. The monoisotopic (exact) mass is 338 g/mol. The Hall–Kier alpha value is -2.08. The number of halogens is 2. The van der Waals surface area contributed by atoms with Crippen molar-refractivity contribution in [1.29, 1.82) is 0 Å². The number of fused-ring (bicyclic) bond motifs is 1. The summed E-state index contributed by atoms with van der Waals surface area (Å²) in [5.74, 6) is -0.0799. The Balaban J connectivity index is 1.84. The number of benzene rings is 2. The van der Waals surface area contributed by atoms with Gasteiger partial charge in [0.2, 0.25) is 6.79 Å².